The number of anilines is 2. The van der Waals surface area contributed by atoms with Crippen molar-refractivity contribution < 1.29 is 29.0 Å². The molecule has 3 amide bonds. The van der Waals surface area contributed by atoms with Gasteiger partial charge in [-0.3, -0.25) is 14.4 Å². The molecule has 236 valence electrons. The monoisotopic (exact) mass is 611 g/mol. The minimum absolute atomic E-state index is 0.333. The fraction of sp³-hybridized carbons (Fsp3) is 0.417. The van der Waals surface area contributed by atoms with E-state index in [-0.39, 0.29) is 24.3 Å². The van der Waals surface area contributed by atoms with Crippen LogP contribution in [-0.4, -0.2) is 64.2 Å². The summed E-state index contributed by atoms with van der Waals surface area (Å²) < 4.78 is 12.3. The first kappa shape index (κ1) is 30.8. The van der Waals surface area contributed by atoms with Crippen LogP contribution in [-0.2, 0) is 25.5 Å². The number of aliphatic hydroxyl groups excluding tert-OH is 1. The Bertz CT molecular complexity index is 1590. The van der Waals surface area contributed by atoms with Crippen molar-refractivity contribution in [3.05, 3.63) is 89.5 Å². The van der Waals surface area contributed by atoms with E-state index < -0.39 is 35.1 Å². The Kier molecular flexibility index (Phi) is 8.18. The molecule has 6 atom stereocenters. The Hall–Kier alpha value is -4.21. The quantitative estimate of drug-likeness (QED) is 0.307. The van der Waals surface area contributed by atoms with E-state index in [1.165, 1.54) is 4.90 Å². The lowest BCUT2D eigenvalue weighted by molar-refractivity contribution is -0.146. The first-order valence-corrected chi connectivity index (χ1v) is 15.7. The van der Waals surface area contributed by atoms with Gasteiger partial charge in [-0.1, -0.05) is 42.5 Å². The molecule has 45 heavy (non-hydrogen) atoms. The van der Waals surface area contributed by atoms with E-state index >= 15 is 0 Å². The van der Waals surface area contributed by atoms with Gasteiger partial charge in [0.25, 0.3) is 0 Å². The predicted molar refractivity (Wildman–Crippen MR) is 171 cm³/mol. The van der Waals surface area contributed by atoms with Crippen LogP contribution in [0, 0.1) is 25.7 Å². The zero-order valence-electron chi connectivity index (χ0n) is 26.2. The van der Waals surface area contributed by atoms with Crippen LogP contribution < -0.4 is 15.4 Å². The number of rotatable bonds is 10. The molecule has 3 saturated heterocycles. The number of likely N-dealkylation sites (tertiary alicyclic amines) is 1. The molecule has 9 nitrogen and oxygen atoms in total. The number of hydrogen-bond acceptors (Lipinski definition) is 6. The molecule has 3 aliphatic rings. The summed E-state index contributed by atoms with van der Waals surface area (Å²) >= 11 is 0. The minimum atomic E-state index is -1.22. The number of ether oxygens (including phenoxy) is 2. The molecule has 1 spiro atoms. The molecular formula is C36H41N3O6. The molecule has 2 bridgehead atoms. The SMILES string of the molecule is CCOc1ccc(NC(=O)[C@@H]2[C@H]3C(=O)N([C@@H](CO)Cc4ccccc4)C(C(=O)Nc4cc(C)ccc4C)C34CC[C@@]2(C)O4)cc1. The van der Waals surface area contributed by atoms with Crippen LogP contribution in [0.15, 0.2) is 72.8 Å². The van der Waals surface area contributed by atoms with Gasteiger partial charge in [0.15, 0.2) is 0 Å². The highest BCUT2D eigenvalue weighted by atomic mass is 16.5. The number of nitrogens with one attached hydrogen (secondary N) is 2. The number of hydrogen-bond donors (Lipinski definition) is 3. The summed E-state index contributed by atoms with van der Waals surface area (Å²) in [5.74, 6) is -2.09. The molecule has 0 saturated carbocycles. The average Bonchev–Trinajstić information content (AvgIpc) is 3.60. The maximum atomic E-state index is 14.6. The lowest BCUT2D eigenvalue weighted by atomic mass is 9.66. The summed E-state index contributed by atoms with van der Waals surface area (Å²) in [7, 11) is 0. The van der Waals surface area contributed by atoms with Crippen molar-refractivity contribution in [3.63, 3.8) is 0 Å². The summed E-state index contributed by atoms with van der Waals surface area (Å²) in [6.07, 6.45) is 1.30. The second kappa shape index (κ2) is 11.9. The molecule has 9 heteroatoms. The van der Waals surface area contributed by atoms with E-state index in [1.54, 1.807) is 24.3 Å². The number of fused-ring (bicyclic) bond motifs is 1. The number of carbonyl (C=O) groups is 3. The Balaban J connectivity index is 1.37. The van der Waals surface area contributed by atoms with Crippen LogP contribution in [0.3, 0.4) is 0 Å². The molecule has 3 aromatic rings. The molecule has 6 rings (SSSR count). The first-order chi connectivity index (χ1) is 21.6. The maximum absolute atomic E-state index is 14.6. The summed E-state index contributed by atoms with van der Waals surface area (Å²) in [6, 6.07) is 20.8. The van der Waals surface area contributed by atoms with Gasteiger partial charge in [0.2, 0.25) is 17.7 Å². The summed E-state index contributed by atoms with van der Waals surface area (Å²) in [5.41, 5.74) is 1.87. The summed E-state index contributed by atoms with van der Waals surface area (Å²) in [6.45, 7) is 7.82. The van der Waals surface area contributed by atoms with Gasteiger partial charge in [0.05, 0.1) is 36.7 Å². The third-order valence-electron chi connectivity index (χ3n) is 9.75. The second-order valence-corrected chi connectivity index (χ2v) is 12.8. The van der Waals surface area contributed by atoms with E-state index in [4.69, 9.17) is 9.47 Å². The van der Waals surface area contributed by atoms with Gasteiger partial charge < -0.3 is 30.1 Å². The minimum Gasteiger partial charge on any atom is -0.494 e. The Morgan fingerprint density at radius 1 is 1.02 bits per heavy atom. The normalized spacial score (nSPS) is 27.3. The molecule has 3 fully saturated rings. The van der Waals surface area contributed by atoms with Crippen molar-refractivity contribution in [2.45, 2.75) is 70.2 Å². The van der Waals surface area contributed by atoms with Crippen molar-refractivity contribution >= 4 is 29.1 Å². The standard InChI is InChI=1S/C36H41N3O6/c1-5-44-27-15-13-25(14-16-27)37-32(41)29-30-34(43)39(26(21-40)20-24-9-7-6-8-10-24)31(36(30)18-17-35(29,4)45-36)33(42)38-28-19-22(2)11-12-23(28)3/h6-16,19,26,29-31,40H,5,17-18,20-21H2,1-4H3,(H,37,41)(H,38,42)/t26-,29+,30+,31?,35-,36?/m1/s1. The van der Waals surface area contributed by atoms with Crippen molar-refractivity contribution in [1.29, 1.82) is 0 Å². The van der Waals surface area contributed by atoms with Gasteiger partial charge in [-0.05, 0) is 94.0 Å². The number of amides is 3. The maximum Gasteiger partial charge on any atom is 0.250 e. The molecule has 0 aliphatic carbocycles. The summed E-state index contributed by atoms with van der Waals surface area (Å²) in [5, 5.41) is 16.8. The largest absolute Gasteiger partial charge is 0.494 e. The number of aryl methyl sites for hydroxylation is 2. The van der Waals surface area contributed by atoms with Gasteiger partial charge in [0.1, 0.15) is 17.4 Å². The zero-order chi connectivity index (χ0) is 31.9. The number of aliphatic hydroxyl groups is 1. The smallest absolute Gasteiger partial charge is 0.250 e. The summed E-state index contributed by atoms with van der Waals surface area (Å²) in [4.78, 5) is 44.6. The topological polar surface area (TPSA) is 117 Å². The fourth-order valence-electron chi connectivity index (χ4n) is 7.69. The Morgan fingerprint density at radius 3 is 2.44 bits per heavy atom. The van der Waals surface area contributed by atoms with Crippen molar-refractivity contribution in [2.75, 3.05) is 23.8 Å². The van der Waals surface area contributed by atoms with E-state index in [9.17, 15) is 19.5 Å². The van der Waals surface area contributed by atoms with Gasteiger partial charge in [-0.15, -0.1) is 0 Å². The van der Waals surface area contributed by atoms with E-state index in [2.05, 4.69) is 10.6 Å². The van der Waals surface area contributed by atoms with Crippen LogP contribution in [0.5, 0.6) is 5.75 Å². The molecule has 0 radical (unpaired) electrons. The zero-order valence-corrected chi connectivity index (χ0v) is 26.2. The highest BCUT2D eigenvalue weighted by Gasteiger charge is 2.78. The highest BCUT2D eigenvalue weighted by molar-refractivity contribution is 6.05. The molecule has 3 aliphatic heterocycles. The van der Waals surface area contributed by atoms with Gasteiger partial charge in [0, 0.05) is 11.4 Å². The molecule has 3 heterocycles. The van der Waals surface area contributed by atoms with E-state index in [0.717, 1.165) is 16.7 Å². The van der Waals surface area contributed by atoms with Gasteiger partial charge >= 0.3 is 0 Å². The fourth-order valence-corrected chi connectivity index (χ4v) is 7.69. The van der Waals surface area contributed by atoms with Crippen LogP contribution in [0.1, 0.15) is 43.4 Å². The lowest BCUT2D eigenvalue weighted by Crippen LogP contribution is -2.57. The number of carbonyl (C=O) groups excluding carboxylic acids is 3. The second-order valence-electron chi connectivity index (χ2n) is 12.8. The molecule has 3 N–H and O–H groups in total. The van der Waals surface area contributed by atoms with Crippen LogP contribution in [0.25, 0.3) is 0 Å². The average molecular weight is 612 g/mol. The predicted octanol–water partition coefficient (Wildman–Crippen LogP) is 4.65. The van der Waals surface area contributed by atoms with E-state index in [0.29, 0.717) is 43.0 Å². The molecule has 3 aromatic carbocycles. The lowest BCUT2D eigenvalue weighted by Gasteiger charge is -2.37. The van der Waals surface area contributed by atoms with E-state index in [1.807, 2.05) is 76.2 Å². The van der Waals surface area contributed by atoms with Crippen molar-refractivity contribution in [2.24, 2.45) is 11.8 Å². The van der Waals surface area contributed by atoms with Crippen molar-refractivity contribution in [1.82, 2.24) is 4.90 Å². The molecule has 0 aromatic heterocycles. The number of benzene rings is 3. The molecule has 2 unspecified atom stereocenters. The Labute approximate surface area is 263 Å². The highest BCUT2D eigenvalue weighted by Crippen LogP contribution is 2.63. The Morgan fingerprint density at radius 2 is 1.76 bits per heavy atom. The van der Waals surface area contributed by atoms with Crippen LogP contribution in [0.4, 0.5) is 11.4 Å². The third kappa shape index (κ3) is 5.38. The van der Waals surface area contributed by atoms with Gasteiger partial charge in [-0.2, -0.15) is 0 Å². The first-order valence-electron chi connectivity index (χ1n) is 15.7. The van der Waals surface area contributed by atoms with Crippen molar-refractivity contribution in [3.8, 4) is 5.75 Å². The molecular weight excluding hydrogens is 570 g/mol. The third-order valence-corrected chi connectivity index (χ3v) is 9.75. The van der Waals surface area contributed by atoms with Crippen LogP contribution >= 0.6 is 0 Å². The van der Waals surface area contributed by atoms with Gasteiger partial charge in [-0.25, -0.2) is 0 Å². The van der Waals surface area contributed by atoms with Crippen LogP contribution in [0.2, 0.25) is 0 Å². The number of nitrogens with zero attached hydrogens (tertiary/aromatic N) is 1.